The topological polar surface area (TPSA) is 105 Å². The lowest BCUT2D eigenvalue weighted by molar-refractivity contribution is -0.137. The van der Waals surface area contributed by atoms with Gasteiger partial charge >= 0.3 is 12.1 Å². The highest BCUT2D eigenvalue weighted by atomic mass is 16.5. The third kappa shape index (κ3) is 6.12. The third-order valence-electron chi connectivity index (χ3n) is 6.14. The zero-order chi connectivity index (χ0) is 24.0. The van der Waals surface area contributed by atoms with Crippen LogP contribution in [0.3, 0.4) is 0 Å². The molecule has 0 spiro atoms. The van der Waals surface area contributed by atoms with E-state index in [1.165, 1.54) is 0 Å². The normalized spacial score (nSPS) is 14.2. The Morgan fingerprint density at radius 1 is 0.939 bits per heavy atom. The Balaban J connectivity index is 1.59. The van der Waals surface area contributed by atoms with Gasteiger partial charge in [-0.2, -0.15) is 0 Å². The molecule has 3 rings (SSSR count). The molecule has 0 radical (unpaired) electrons. The van der Waals surface area contributed by atoms with Gasteiger partial charge in [-0.25, -0.2) is 4.79 Å². The van der Waals surface area contributed by atoms with E-state index in [1.807, 2.05) is 45.0 Å². The number of nitrogens with one attached hydrogen (secondary N) is 2. The summed E-state index contributed by atoms with van der Waals surface area (Å²) in [7, 11) is 0. The van der Waals surface area contributed by atoms with Crippen molar-refractivity contribution in [1.29, 1.82) is 0 Å². The van der Waals surface area contributed by atoms with Crippen LogP contribution in [0.1, 0.15) is 57.1 Å². The van der Waals surface area contributed by atoms with Crippen molar-refractivity contribution in [2.75, 3.05) is 6.61 Å². The first-order valence-corrected chi connectivity index (χ1v) is 11.4. The number of carboxylic acids is 1. The molecule has 1 aliphatic carbocycles. The maximum atomic E-state index is 12.6. The first-order valence-electron chi connectivity index (χ1n) is 11.4. The van der Waals surface area contributed by atoms with Gasteiger partial charge in [0.15, 0.2) is 0 Å². The number of carboxylic acid groups (broad SMARTS) is 1. The van der Waals surface area contributed by atoms with E-state index in [4.69, 9.17) is 9.84 Å². The molecule has 0 aromatic heterocycles. The molecule has 0 saturated heterocycles. The number of benzene rings is 2. The fourth-order valence-corrected chi connectivity index (χ4v) is 4.24. The first kappa shape index (κ1) is 24.3. The number of hydrogen-bond acceptors (Lipinski definition) is 4. The average Bonchev–Trinajstić information content (AvgIpc) is 3.10. The number of carbonyl (C=O) groups is 3. The van der Waals surface area contributed by atoms with E-state index in [9.17, 15) is 14.4 Å². The largest absolute Gasteiger partial charge is 0.481 e. The van der Waals surface area contributed by atoms with Crippen molar-refractivity contribution >= 4 is 18.0 Å². The van der Waals surface area contributed by atoms with Gasteiger partial charge in [0, 0.05) is 24.4 Å². The second-order valence-corrected chi connectivity index (χ2v) is 8.80. The Morgan fingerprint density at radius 2 is 1.52 bits per heavy atom. The van der Waals surface area contributed by atoms with Crippen LogP contribution in [-0.2, 0) is 14.3 Å². The highest BCUT2D eigenvalue weighted by Crippen LogP contribution is 2.44. The Bertz CT molecular complexity index is 958. The highest BCUT2D eigenvalue weighted by molar-refractivity contribution is 5.80. The predicted octanol–water partition coefficient (Wildman–Crippen LogP) is 4.31. The van der Waals surface area contributed by atoms with Crippen molar-refractivity contribution in [2.45, 2.75) is 58.0 Å². The van der Waals surface area contributed by atoms with E-state index < -0.39 is 24.1 Å². The summed E-state index contributed by atoms with van der Waals surface area (Å²) in [5, 5.41) is 14.5. The lowest BCUT2D eigenvalue weighted by Gasteiger charge is -2.24. The Kier molecular flexibility index (Phi) is 8.09. The minimum Gasteiger partial charge on any atom is -0.481 e. The summed E-state index contributed by atoms with van der Waals surface area (Å²) in [5.74, 6) is -1.29. The average molecular weight is 453 g/mol. The summed E-state index contributed by atoms with van der Waals surface area (Å²) in [4.78, 5) is 36.0. The van der Waals surface area contributed by atoms with Gasteiger partial charge in [-0.3, -0.25) is 9.59 Å². The lowest BCUT2D eigenvalue weighted by Crippen LogP contribution is -2.45. The monoisotopic (exact) mass is 452 g/mol. The first-order chi connectivity index (χ1) is 15.8. The zero-order valence-corrected chi connectivity index (χ0v) is 19.3. The number of carbonyl (C=O) groups excluding carboxylic acids is 2. The number of alkyl carbamates (subject to hydrolysis) is 1. The molecular formula is C26H32N2O5. The number of fused-ring (bicyclic) bond motifs is 3. The molecule has 0 aliphatic heterocycles. The Hall–Kier alpha value is -3.35. The van der Waals surface area contributed by atoms with Crippen LogP contribution in [0.25, 0.3) is 11.1 Å². The predicted molar refractivity (Wildman–Crippen MR) is 126 cm³/mol. The van der Waals surface area contributed by atoms with Gasteiger partial charge in [-0.05, 0) is 34.6 Å². The third-order valence-corrected chi connectivity index (χ3v) is 6.14. The van der Waals surface area contributed by atoms with Crippen LogP contribution in [0.4, 0.5) is 4.79 Å². The molecule has 33 heavy (non-hydrogen) atoms. The van der Waals surface area contributed by atoms with E-state index in [-0.39, 0.29) is 37.2 Å². The van der Waals surface area contributed by atoms with Crippen molar-refractivity contribution in [2.24, 2.45) is 5.92 Å². The van der Waals surface area contributed by atoms with Crippen LogP contribution in [-0.4, -0.2) is 41.8 Å². The molecule has 2 amide bonds. The highest BCUT2D eigenvalue weighted by Gasteiger charge is 2.29. The van der Waals surface area contributed by atoms with E-state index in [2.05, 4.69) is 34.9 Å². The van der Waals surface area contributed by atoms with Gasteiger partial charge in [0.2, 0.25) is 5.91 Å². The SMILES string of the molecule is CCC(CC(=O)O)NC(=O)C[C@H](NC(=O)OCC1c2ccccc2-c2ccccc21)C(C)C. The van der Waals surface area contributed by atoms with Gasteiger partial charge in [0.25, 0.3) is 0 Å². The van der Waals surface area contributed by atoms with E-state index >= 15 is 0 Å². The molecule has 7 heteroatoms. The summed E-state index contributed by atoms with van der Waals surface area (Å²) in [6.07, 6.45) is -0.128. The van der Waals surface area contributed by atoms with Crippen LogP contribution < -0.4 is 10.6 Å². The minimum absolute atomic E-state index is 0.00390. The van der Waals surface area contributed by atoms with E-state index in [0.717, 1.165) is 22.3 Å². The second kappa shape index (κ2) is 11.0. The molecule has 3 N–H and O–H groups in total. The zero-order valence-electron chi connectivity index (χ0n) is 19.3. The maximum absolute atomic E-state index is 12.6. The molecule has 1 aliphatic rings. The van der Waals surface area contributed by atoms with E-state index in [1.54, 1.807) is 0 Å². The summed E-state index contributed by atoms with van der Waals surface area (Å²) in [5.41, 5.74) is 4.59. The molecule has 2 atom stereocenters. The van der Waals surface area contributed by atoms with Crippen molar-refractivity contribution in [3.63, 3.8) is 0 Å². The van der Waals surface area contributed by atoms with Crippen LogP contribution in [0.2, 0.25) is 0 Å². The Labute approximate surface area is 194 Å². The number of aliphatic carboxylic acids is 1. The summed E-state index contributed by atoms with van der Waals surface area (Å²) < 4.78 is 5.60. The molecule has 176 valence electrons. The molecule has 2 aromatic rings. The fraction of sp³-hybridized carbons (Fsp3) is 0.423. The summed E-state index contributed by atoms with van der Waals surface area (Å²) >= 11 is 0. The number of hydrogen-bond donors (Lipinski definition) is 3. The van der Waals surface area contributed by atoms with Crippen molar-refractivity contribution in [3.8, 4) is 11.1 Å². The molecule has 0 bridgehead atoms. The van der Waals surface area contributed by atoms with Crippen molar-refractivity contribution < 1.29 is 24.2 Å². The van der Waals surface area contributed by atoms with Crippen LogP contribution in [0, 0.1) is 5.92 Å². The number of amides is 2. The lowest BCUT2D eigenvalue weighted by atomic mass is 9.98. The van der Waals surface area contributed by atoms with Gasteiger partial charge in [-0.1, -0.05) is 69.3 Å². The van der Waals surface area contributed by atoms with Gasteiger partial charge in [0.05, 0.1) is 6.42 Å². The fourth-order valence-electron chi connectivity index (χ4n) is 4.24. The standard InChI is InChI=1S/C26H32N2O5/c1-4-17(13-25(30)31)27-24(29)14-23(16(2)3)28-26(32)33-15-22-20-11-7-5-9-18(20)19-10-6-8-12-21(19)22/h5-12,16-17,22-23H,4,13-15H2,1-3H3,(H,27,29)(H,28,32)(H,30,31)/t17?,23-/m0/s1. The smallest absolute Gasteiger partial charge is 0.407 e. The van der Waals surface area contributed by atoms with Crippen molar-refractivity contribution in [1.82, 2.24) is 10.6 Å². The molecule has 0 saturated carbocycles. The summed E-state index contributed by atoms with van der Waals surface area (Å²) in [6.45, 7) is 5.85. The molecule has 7 nitrogen and oxygen atoms in total. The molecule has 0 fully saturated rings. The van der Waals surface area contributed by atoms with Crippen LogP contribution in [0.15, 0.2) is 48.5 Å². The number of rotatable bonds is 10. The van der Waals surface area contributed by atoms with Crippen LogP contribution in [0.5, 0.6) is 0 Å². The minimum atomic E-state index is -0.959. The second-order valence-electron chi connectivity index (χ2n) is 8.80. The molecular weight excluding hydrogens is 420 g/mol. The van der Waals surface area contributed by atoms with Gasteiger partial charge in [0.1, 0.15) is 6.61 Å². The van der Waals surface area contributed by atoms with Crippen molar-refractivity contribution in [3.05, 3.63) is 59.7 Å². The quantitative estimate of drug-likeness (QED) is 0.498. The summed E-state index contributed by atoms with van der Waals surface area (Å²) in [6, 6.07) is 15.4. The maximum Gasteiger partial charge on any atom is 0.407 e. The van der Waals surface area contributed by atoms with E-state index in [0.29, 0.717) is 6.42 Å². The Morgan fingerprint density at radius 3 is 2.03 bits per heavy atom. The number of ether oxygens (including phenoxy) is 1. The van der Waals surface area contributed by atoms with Crippen LogP contribution >= 0.6 is 0 Å². The molecule has 1 unspecified atom stereocenters. The molecule has 2 aromatic carbocycles. The van der Waals surface area contributed by atoms with Gasteiger partial charge < -0.3 is 20.5 Å². The van der Waals surface area contributed by atoms with Gasteiger partial charge in [-0.15, -0.1) is 0 Å². The molecule has 0 heterocycles.